The summed E-state index contributed by atoms with van der Waals surface area (Å²) < 4.78 is 18.9. The van der Waals surface area contributed by atoms with Gasteiger partial charge < -0.3 is 9.84 Å². The van der Waals surface area contributed by atoms with Crippen molar-refractivity contribution in [2.75, 3.05) is 11.9 Å². The highest BCUT2D eigenvalue weighted by atomic mass is 19.1. The quantitative estimate of drug-likeness (QED) is 0.892. The number of carbonyl (C=O) groups excluding carboxylic acids is 1. The first-order valence-corrected chi connectivity index (χ1v) is 7.42. The highest BCUT2D eigenvalue weighted by molar-refractivity contribution is 5.86. The van der Waals surface area contributed by atoms with Crippen LogP contribution in [0.15, 0.2) is 18.2 Å². The molecule has 0 spiro atoms. The van der Waals surface area contributed by atoms with Crippen molar-refractivity contribution in [3.63, 3.8) is 0 Å². The summed E-state index contributed by atoms with van der Waals surface area (Å²) in [4.78, 5) is 12.0. The Morgan fingerprint density at radius 2 is 2.00 bits per heavy atom. The van der Waals surface area contributed by atoms with E-state index in [0.717, 1.165) is 6.42 Å². The molecule has 1 saturated carbocycles. The number of aliphatic hydroxyl groups excluding tert-OH is 1. The van der Waals surface area contributed by atoms with E-state index < -0.39 is 17.1 Å². The Balaban J connectivity index is 2.32. The number of ether oxygens (including phenoxy) is 1. The fourth-order valence-corrected chi connectivity index (χ4v) is 2.96. The van der Waals surface area contributed by atoms with Crippen molar-refractivity contribution >= 4 is 11.8 Å². The number of halogens is 1. The lowest BCUT2D eigenvalue weighted by Gasteiger charge is -2.24. The molecule has 0 heterocycles. The smallest absolute Gasteiger partial charge is 0.412 e. The van der Waals surface area contributed by atoms with Crippen LogP contribution in [0.4, 0.5) is 14.9 Å². The van der Waals surface area contributed by atoms with Crippen molar-refractivity contribution in [2.24, 2.45) is 5.41 Å². The predicted molar refractivity (Wildman–Crippen MR) is 83.4 cm³/mol. The first kappa shape index (κ1) is 16.7. The number of anilines is 1. The lowest BCUT2D eigenvalue weighted by molar-refractivity contribution is 0.0635. The van der Waals surface area contributed by atoms with Crippen molar-refractivity contribution in [3.8, 4) is 0 Å². The van der Waals surface area contributed by atoms with E-state index in [1.54, 1.807) is 20.8 Å². The molecule has 0 aliphatic heterocycles. The summed E-state index contributed by atoms with van der Waals surface area (Å²) in [6, 6.07) is 4.19. The Bertz CT molecular complexity index is 592. The van der Waals surface area contributed by atoms with E-state index in [-0.39, 0.29) is 17.8 Å². The number of nitrogens with one attached hydrogen (secondary N) is 1. The van der Waals surface area contributed by atoms with Crippen molar-refractivity contribution < 1.29 is 19.0 Å². The topological polar surface area (TPSA) is 58.6 Å². The summed E-state index contributed by atoms with van der Waals surface area (Å²) in [5.74, 6) is -0.389. The summed E-state index contributed by atoms with van der Waals surface area (Å²) in [5.41, 5.74) is -0.182. The monoisotopic (exact) mass is 309 g/mol. The highest BCUT2D eigenvalue weighted by Gasteiger charge is 2.62. The van der Waals surface area contributed by atoms with Gasteiger partial charge in [-0.2, -0.15) is 0 Å². The Morgan fingerprint density at radius 1 is 1.41 bits per heavy atom. The molecule has 122 valence electrons. The average molecular weight is 309 g/mol. The Kier molecular flexibility index (Phi) is 3.98. The van der Waals surface area contributed by atoms with Gasteiger partial charge in [0.2, 0.25) is 0 Å². The van der Waals surface area contributed by atoms with Crippen molar-refractivity contribution in [3.05, 3.63) is 29.6 Å². The number of carbonyl (C=O) groups is 1. The fraction of sp³-hybridized carbons (Fsp3) is 0.588. The predicted octanol–water partition coefficient (Wildman–Crippen LogP) is 3.83. The molecule has 22 heavy (non-hydrogen) atoms. The third kappa shape index (κ3) is 3.09. The van der Waals surface area contributed by atoms with Crippen LogP contribution in [0.25, 0.3) is 0 Å². The second-order valence-electron chi connectivity index (χ2n) is 7.62. The minimum absolute atomic E-state index is 0.0908. The Hall–Kier alpha value is -1.62. The van der Waals surface area contributed by atoms with Gasteiger partial charge in [0.25, 0.3) is 0 Å². The van der Waals surface area contributed by atoms with Gasteiger partial charge in [0.15, 0.2) is 0 Å². The van der Waals surface area contributed by atoms with E-state index >= 15 is 0 Å². The summed E-state index contributed by atoms with van der Waals surface area (Å²) >= 11 is 0. The minimum atomic E-state index is -0.613. The van der Waals surface area contributed by atoms with Crippen molar-refractivity contribution in [2.45, 2.75) is 52.1 Å². The number of amides is 1. The van der Waals surface area contributed by atoms with Crippen molar-refractivity contribution in [1.82, 2.24) is 0 Å². The Labute approximate surface area is 130 Å². The molecule has 4 nitrogen and oxygen atoms in total. The van der Waals surface area contributed by atoms with Gasteiger partial charge in [-0.05, 0) is 56.4 Å². The average Bonchev–Trinajstić information content (AvgIpc) is 2.92. The van der Waals surface area contributed by atoms with E-state index in [2.05, 4.69) is 5.32 Å². The number of benzene rings is 1. The number of hydrogen-bond donors (Lipinski definition) is 2. The van der Waals surface area contributed by atoms with Gasteiger partial charge in [0, 0.05) is 11.1 Å². The van der Waals surface area contributed by atoms with Crippen LogP contribution in [-0.2, 0) is 10.2 Å². The van der Waals surface area contributed by atoms with Gasteiger partial charge in [-0.25, -0.2) is 9.18 Å². The number of rotatable bonds is 3. The van der Waals surface area contributed by atoms with Crippen LogP contribution in [0, 0.1) is 11.2 Å². The third-order valence-corrected chi connectivity index (χ3v) is 4.32. The maximum Gasteiger partial charge on any atom is 0.412 e. The van der Waals surface area contributed by atoms with E-state index in [4.69, 9.17) is 4.74 Å². The molecule has 1 atom stereocenters. The number of hydrogen-bond acceptors (Lipinski definition) is 3. The van der Waals surface area contributed by atoms with Crippen LogP contribution in [0.1, 0.15) is 46.6 Å². The SMILES string of the molecule is CC(C)(C)OC(=O)Nc1ccc(F)cc1C1(CO)CC1(C)C. The molecule has 2 rings (SSSR count). The van der Waals surface area contributed by atoms with Crippen molar-refractivity contribution in [1.29, 1.82) is 0 Å². The molecule has 1 amide bonds. The fourth-order valence-electron chi connectivity index (χ4n) is 2.96. The molecule has 0 aromatic heterocycles. The molecular weight excluding hydrogens is 285 g/mol. The maximum atomic E-state index is 13.7. The second kappa shape index (κ2) is 5.23. The molecule has 1 aromatic rings. The third-order valence-electron chi connectivity index (χ3n) is 4.32. The lowest BCUT2D eigenvalue weighted by Crippen LogP contribution is -2.29. The van der Waals surface area contributed by atoms with Gasteiger partial charge in [-0.1, -0.05) is 13.8 Å². The van der Waals surface area contributed by atoms with E-state index in [9.17, 15) is 14.3 Å². The first-order valence-electron chi connectivity index (χ1n) is 7.42. The van der Waals surface area contributed by atoms with E-state index in [0.29, 0.717) is 11.3 Å². The zero-order valence-corrected chi connectivity index (χ0v) is 13.8. The van der Waals surface area contributed by atoms with Gasteiger partial charge >= 0.3 is 6.09 Å². The summed E-state index contributed by atoms with van der Waals surface area (Å²) in [5, 5.41) is 12.5. The molecule has 1 aromatic carbocycles. The highest BCUT2D eigenvalue weighted by Crippen LogP contribution is 2.65. The van der Waals surface area contributed by atoms with E-state index in [1.165, 1.54) is 18.2 Å². The normalized spacial score (nSPS) is 23.0. The largest absolute Gasteiger partial charge is 0.444 e. The molecule has 1 aliphatic rings. The maximum absolute atomic E-state index is 13.7. The van der Waals surface area contributed by atoms with Gasteiger partial charge in [-0.3, -0.25) is 5.32 Å². The summed E-state index contributed by atoms with van der Waals surface area (Å²) in [6.07, 6.45) is 0.148. The molecule has 1 fully saturated rings. The van der Waals surface area contributed by atoms with Crippen LogP contribution in [-0.4, -0.2) is 23.4 Å². The summed E-state index contributed by atoms with van der Waals surface area (Å²) in [7, 11) is 0. The van der Waals surface area contributed by atoms with Crippen LogP contribution in [0.2, 0.25) is 0 Å². The zero-order chi connectivity index (χ0) is 16.8. The lowest BCUT2D eigenvalue weighted by atomic mass is 9.87. The van der Waals surface area contributed by atoms with Gasteiger partial charge in [-0.15, -0.1) is 0 Å². The molecule has 5 heteroatoms. The molecule has 1 aliphatic carbocycles. The number of aliphatic hydroxyl groups is 1. The molecule has 0 radical (unpaired) electrons. The van der Waals surface area contributed by atoms with Gasteiger partial charge in [0.05, 0.1) is 6.61 Å². The Morgan fingerprint density at radius 3 is 2.45 bits per heavy atom. The molecular formula is C17H24FNO3. The van der Waals surface area contributed by atoms with Crippen LogP contribution < -0.4 is 5.32 Å². The zero-order valence-electron chi connectivity index (χ0n) is 13.8. The molecule has 2 N–H and O–H groups in total. The minimum Gasteiger partial charge on any atom is -0.444 e. The molecule has 1 unspecified atom stereocenters. The molecule has 0 saturated heterocycles. The van der Waals surface area contributed by atoms with Crippen LogP contribution in [0.3, 0.4) is 0 Å². The van der Waals surface area contributed by atoms with E-state index in [1.807, 2.05) is 13.8 Å². The summed E-state index contributed by atoms with van der Waals surface area (Å²) in [6.45, 7) is 9.27. The van der Waals surface area contributed by atoms with Crippen LogP contribution >= 0.6 is 0 Å². The first-order chi connectivity index (χ1) is 10.0. The van der Waals surface area contributed by atoms with Crippen LogP contribution in [0.5, 0.6) is 0 Å². The standard InChI is InChI=1S/C17H24FNO3/c1-15(2,3)22-14(21)19-13-7-6-11(18)8-12(13)17(10-20)9-16(17,4)5/h6-8,20H,9-10H2,1-5H3,(H,19,21). The second-order valence-corrected chi connectivity index (χ2v) is 7.62. The van der Waals surface area contributed by atoms with Gasteiger partial charge in [0.1, 0.15) is 11.4 Å². The molecule has 0 bridgehead atoms.